The second-order valence-corrected chi connectivity index (χ2v) is 4.20. The monoisotopic (exact) mass is 293 g/mol. The maximum atomic E-state index is 4.10. The molecule has 0 spiro atoms. The summed E-state index contributed by atoms with van der Waals surface area (Å²) in [6.45, 7) is 3.18. The Morgan fingerprint density at radius 2 is 2.31 bits per heavy atom. The molecule has 0 bridgehead atoms. The van der Waals surface area contributed by atoms with Crippen molar-refractivity contribution in [3.63, 3.8) is 0 Å². The van der Waals surface area contributed by atoms with E-state index in [9.17, 15) is 0 Å². The van der Waals surface area contributed by atoms with E-state index in [0.717, 1.165) is 25.1 Å². The Balaban J connectivity index is 2.31. The lowest BCUT2D eigenvalue weighted by Gasteiger charge is -1.96. The lowest BCUT2D eigenvalue weighted by molar-refractivity contribution is 0.556. The molecule has 74 valence electrons. The molecule has 13 heavy (non-hydrogen) atoms. The average Bonchev–Trinajstić information content (AvgIpc) is 2.54. The third-order valence-electron chi connectivity index (χ3n) is 1.86. The molecule has 0 aromatic carbocycles. The van der Waals surface area contributed by atoms with Crippen LogP contribution in [0, 0.1) is 0 Å². The van der Waals surface area contributed by atoms with Gasteiger partial charge < -0.3 is 0 Å². The van der Waals surface area contributed by atoms with Crippen LogP contribution in [0.5, 0.6) is 0 Å². The lowest BCUT2D eigenvalue weighted by Crippen LogP contribution is -1.98. The zero-order chi connectivity index (χ0) is 9.52. The minimum Gasteiger partial charge on any atom is -0.252 e. The highest BCUT2D eigenvalue weighted by atomic mass is 127. The lowest BCUT2D eigenvalue weighted by atomic mass is 10.3. The van der Waals surface area contributed by atoms with Crippen LogP contribution < -0.4 is 0 Å². The van der Waals surface area contributed by atoms with Gasteiger partial charge in [0, 0.05) is 12.7 Å². The van der Waals surface area contributed by atoms with E-state index in [1.165, 1.54) is 17.3 Å². The van der Waals surface area contributed by atoms with Crippen molar-refractivity contribution in [3.8, 4) is 0 Å². The summed E-state index contributed by atoms with van der Waals surface area (Å²) in [4.78, 5) is 0. The number of nitrogens with zero attached hydrogens (tertiary/aromatic N) is 3. The topological polar surface area (TPSA) is 30.7 Å². The molecule has 0 aliphatic heterocycles. The first-order valence-electron chi connectivity index (χ1n) is 4.81. The van der Waals surface area contributed by atoms with Gasteiger partial charge in [-0.1, -0.05) is 41.1 Å². The summed E-state index contributed by atoms with van der Waals surface area (Å²) in [5.41, 5.74) is 1.12. The number of hydrogen-bond acceptors (Lipinski definition) is 2. The Morgan fingerprint density at radius 3 is 3.00 bits per heavy atom. The minimum absolute atomic E-state index is 1.01. The van der Waals surface area contributed by atoms with Crippen LogP contribution in [0.25, 0.3) is 0 Å². The number of aryl methyl sites for hydroxylation is 2. The van der Waals surface area contributed by atoms with Gasteiger partial charge in [0.1, 0.15) is 0 Å². The van der Waals surface area contributed by atoms with E-state index < -0.39 is 0 Å². The van der Waals surface area contributed by atoms with Crippen LogP contribution in [0.3, 0.4) is 0 Å². The third kappa shape index (κ3) is 4.06. The summed E-state index contributed by atoms with van der Waals surface area (Å²) in [5.74, 6) is 0. The summed E-state index contributed by atoms with van der Waals surface area (Å²) >= 11 is 2.40. The van der Waals surface area contributed by atoms with Gasteiger partial charge in [0.2, 0.25) is 0 Å². The maximum Gasteiger partial charge on any atom is 0.0827 e. The SMILES string of the molecule is CCCc1cn(CCCCI)nn1. The van der Waals surface area contributed by atoms with Crippen molar-refractivity contribution in [3.05, 3.63) is 11.9 Å². The Labute approximate surface area is 93.0 Å². The van der Waals surface area contributed by atoms with Crippen molar-refractivity contribution in [1.29, 1.82) is 0 Å². The summed E-state index contributed by atoms with van der Waals surface area (Å²) in [5, 5.41) is 8.17. The molecule has 0 aliphatic rings. The molecule has 0 N–H and O–H groups in total. The van der Waals surface area contributed by atoms with Crippen LogP contribution in [-0.2, 0) is 13.0 Å². The van der Waals surface area contributed by atoms with E-state index in [4.69, 9.17) is 0 Å². The van der Waals surface area contributed by atoms with Crippen molar-refractivity contribution < 1.29 is 0 Å². The molecule has 0 amide bonds. The summed E-state index contributed by atoms with van der Waals surface area (Å²) in [6, 6.07) is 0. The van der Waals surface area contributed by atoms with Gasteiger partial charge in [0.25, 0.3) is 0 Å². The molecular formula is C9H16IN3. The normalized spacial score (nSPS) is 10.6. The predicted octanol–water partition coefficient (Wildman–Crippen LogP) is 2.45. The summed E-state index contributed by atoms with van der Waals surface area (Å²) in [6.07, 6.45) is 6.73. The molecule has 0 saturated heterocycles. The van der Waals surface area contributed by atoms with Gasteiger partial charge in [-0.3, -0.25) is 4.68 Å². The highest BCUT2D eigenvalue weighted by Crippen LogP contribution is 2.00. The van der Waals surface area contributed by atoms with Gasteiger partial charge in [-0.15, -0.1) is 5.10 Å². The standard InChI is InChI=1S/C9H16IN3/c1-2-5-9-8-13(12-11-9)7-4-3-6-10/h8H,2-7H2,1H3. The Kier molecular flexibility index (Phi) is 5.34. The van der Waals surface area contributed by atoms with Crippen LogP contribution in [0.4, 0.5) is 0 Å². The number of alkyl halides is 1. The van der Waals surface area contributed by atoms with E-state index in [2.05, 4.69) is 46.0 Å². The molecule has 1 heterocycles. The molecule has 4 heteroatoms. The number of unbranched alkanes of at least 4 members (excludes halogenated alkanes) is 1. The Bertz CT molecular complexity index is 235. The van der Waals surface area contributed by atoms with Crippen molar-refractivity contribution in [1.82, 2.24) is 15.0 Å². The van der Waals surface area contributed by atoms with Crippen molar-refractivity contribution in [2.75, 3.05) is 4.43 Å². The molecule has 0 fully saturated rings. The van der Waals surface area contributed by atoms with Gasteiger partial charge in [0.15, 0.2) is 0 Å². The van der Waals surface area contributed by atoms with Gasteiger partial charge in [0.05, 0.1) is 5.69 Å². The summed E-state index contributed by atoms with van der Waals surface area (Å²) in [7, 11) is 0. The Hall–Kier alpha value is -0.130. The van der Waals surface area contributed by atoms with Gasteiger partial charge in [-0.05, 0) is 23.7 Å². The first kappa shape index (κ1) is 10.9. The number of aromatic nitrogens is 3. The van der Waals surface area contributed by atoms with E-state index in [0.29, 0.717) is 0 Å². The molecule has 1 aromatic heterocycles. The molecule has 3 nitrogen and oxygen atoms in total. The fourth-order valence-corrected chi connectivity index (χ4v) is 1.73. The third-order valence-corrected chi connectivity index (χ3v) is 2.63. The fourth-order valence-electron chi connectivity index (χ4n) is 1.19. The average molecular weight is 293 g/mol. The first-order valence-corrected chi connectivity index (χ1v) is 6.34. The predicted molar refractivity (Wildman–Crippen MR) is 62.1 cm³/mol. The molecule has 0 unspecified atom stereocenters. The van der Waals surface area contributed by atoms with E-state index in [-0.39, 0.29) is 0 Å². The van der Waals surface area contributed by atoms with E-state index in [1.807, 2.05) is 4.68 Å². The quantitative estimate of drug-likeness (QED) is 0.458. The highest BCUT2D eigenvalue weighted by Gasteiger charge is 1.98. The zero-order valence-electron chi connectivity index (χ0n) is 8.04. The maximum absolute atomic E-state index is 4.10. The fraction of sp³-hybridized carbons (Fsp3) is 0.778. The van der Waals surface area contributed by atoms with Crippen LogP contribution in [0.1, 0.15) is 31.9 Å². The largest absolute Gasteiger partial charge is 0.252 e. The molecule has 0 saturated carbocycles. The minimum atomic E-state index is 1.01. The van der Waals surface area contributed by atoms with E-state index >= 15 is 0 Å². The smallest absolute Gasteiger partial charge is 0.0827 e. The van der Waals surface area contributed by atoms with Gasteiger partial charge in [-0.2, -0.15) is 0 Å². The van der Waals surface area contributed by atoms with Crippen molar-refractivity contribution in [2.45, 2.75) is 39.2 Å². The number of hydrogen-bond donors (Lipinski definition) is 0. The molecule has 0 atom stereocenters. The molecule has 0 radical (unpaired) electrons. The number of halogens is 1. The molecule has 0 aliphatic carbocycles. The van der Waals surface area contributed by atoms with Gasteiger partial charge >= 0.3 is 0 Å². The zero-order valence-corrected chi connectivity index (χ0v) is 10.2. The van der Waals surface area contributed by atoms with Crippen LogP contribution in [0.15, 0.2) is 6.20 Å². The first-order chi connectivity index (χ1) is 6.36. The van der Waals surface area contributed by atoms with Crippen LogP contribution in [0.2, 0.25) is 0 Å². The van der Waals surface area contributed by atoms with Gasteiger partial charge in [-0.25, -0.2) is 0 Å². The van der Waals surface area contributed by atoms with Crippen LogP contribution >= 0.6 is 22.6 Å². The highest BCUT2D eigenvalue weighted by molar-refractivity contribution is 14.1. The number of rotatable bonds is 6. The Morgan fingerprint density at radius 1 is 1.46 bits per heavy atom. The van der Waals surface area contributed by atoms with Crippen molar-refractivity contribution >= 4 is 22.6 Å². The molecular weight excluding hydrogens is 277 g/mol. The molecule has 1 rings (SSSR count). The molecule has 1 aromatic rings. The summed E-state index contributed by atoms with van der Waals surface area (Å²) < 4.78 is 3.19. The second-order valence-electron chi connectivity index (χ2n) is 3.12. The van der Waals surface area contributed by atoms with Crippen molar-refractivity contribution in [2.24, 2.45) is 0 Å². The van der Waals surface area contributed by atoms with E-state index in [1.54, 1.807) is 0 Å². The second kappa shape index (κ2) is 6.34. The van der Waals surface area contributed by atoms with Crippen LogP contribution in [-0.4, -0.2) is 19.4 Å².